The van der Waals surface area contributed by atoms with Crippen molar-refractivity contribution in [3.05, 3.63) is 78.7 Å². The van der Waals surface area contributed by atoms with Crippen molar-refractivity contribution >= 4 is 34.3 Å². The molecule has 1 N–H and O–H groups in total. The quantitative estimate of drug-likeness (QED) is 0.516. The van der Waals surface area contributed by atoms with Gasteiger partial charge in [-0.1, -0.05) is 12.1 Å². The van der Waals surface area contributed by atoms with Crippen LogP contribution in [0.5, 0.6) is 5.75 Å². The molecule has 0 aliphatic rings. The molecule has 0 radical (unpaired) electrons. The van der Waals surface area contributed by atoms with Gasteiger partial charge in [0.05, 0.1) is 18.0 Å². The molecule has 1 aromatic carbocycles. The Kier molecular flexibility index (Phi) is 5.11. The number of phenols is 1. The third-order valence-electron chi connectivity index (χ3n) is 3.56. The van der Waals surface area contributed by atoms with Crippen molar-refractivity contribution in [1.82, 2.24) is 4.90 Å². The van der Waals surface area contributed by atoms with Gasteiger partial charge >= 0.3 is 5.69 Å². The zero-order chi connectivity index (χ0) is 17.8. The topological polar surface area (TPSA) is 83.7 Å². The molecular formula is C17H14N2O4S2. The number of carbonyl (C=O) groups is 1. The van der Waals surface area contributed by atoms with E-state index < -0.39 is 16.4 Å². The van der Waals surface area contributed by atoms with Gasteiger partial charge in [-0.05, 0) is 35.0 Å². The predicted molar refractivity (Wildman–Crippen MR) is 97.0 cm³/mol. The zero-order valence-electron chi connectivity index (χ0n) is 13.0. The smallest absolute Gasteiger partial charge is 0.310 e. The number of hydrogen-bond donors (Lipinski definition) is 1. The number of carbonyl (C=O) groups excluding carboxylic acids is 1. The molecule has 2 aromatic heterocycles. The van der Waals surface area contributed by atoms with Crippen molar-refractivity contribution in [2.24, 2.45) is 0 Å². The lowest BCUT2D eigenvalue weighted by molar-refractivity contribution is -0.385. The number of aromatic hydroxyl groups is 1. The Morgan fingerprint density at radius 1 is 1.08 bits per heavy atom. The Hall–Kier alpha value is -2.71. The molecular weight excluding hydrogens is 360 g/mol. The van der Waals surface area contributed by atoms with Gasteiger partial charge in [-0.15, -0.1) is 22.7 Å². The predicted octanol–water partition coefficient (Wildman–Crippen LogP) is 4.27. The van der Waals surface area contributed by atoms with Crippen molar-refractivity contribution in [1.29, 1.82) is 0 Å². The highest BCUT2D eigenvalue weighted by Crippen LogP contribution is 2.28. The van der Waals surface area contributed by atoms with Crippen molar-refractivity contribution in [2.45, 2.75) is 13.1 Å². The first-order valence-corrected chi connectivity index (χ1v) is 9.12. The minimum atomic E-state index is -0.682. The molecule has 1 amide bonds. The molecule has 0 saturated heterocycles. The molecule has 0 atom stereocenters. The maximum Gasteiger partial charge on any atom is 0.310 e. The van der Waals surface area contributed by atoms with Crippen LogP contribution < -0.4 is 0 Å². The van der Waals surface area contributed by atoms with E-state index in [2.05, 4.69) is 0 Å². The Morgan fingerprint density at radius 2 is 1.68 bits per heavy atom. The highest BCUT2D eigenvalue weighted by molar-refractivity contribution is 7.10. The van der Waals surface area contributed by atoms with Crippen molar-refractivity contribution in [3.8, 4) is 5.75 Å². The van der Waals surface area contributed by atoms with E-state index >= 15 is 0 Å². The van der Waals surface area contributed by atoms with Gasteiger partial charge in [0.2, 0.25) is 0 Å². The van der Waals surface area contributed by atoms with E-state index in [-0.39, 0.29) is 11.5 Å². The molecule has 3 rings (SSSR count). The molecule has 0 aliphatic carbocycles. The average Bonchev–Trinajstić information content (AvgIpc) is 3.27. The SMILES string of the molecule is O=C(c1ccc([N+](=O)[O-])c(O)c1)N(Cc1cccs1)Cc1cccs1. The highest BCUT2D eigenvalue weighted by Gasteiger charge is 2.21. The molecule has 0 saturated carbocycles. The van der Waals surface area contributed by atoms with Crippen LogP contribution in [0.1, 0.15) is 20.1 Å². The van der Waals surface area contributed by atoms with Gasteiger partial charge in [-0.3, -0.25) is 14.9 Å². The summed E-state index contributed by atoms with van der Waals surface area (Å²) in [5.41, 5.74) is -0.198. The lowest BCUT2D eigenvalue weighted by Gasteiger charge is -2.21. The summed E-state index contributed by atoms with van der Waals surface area (Å²) < 4.78 is 0. The minimum Gasteiger partial charge on any atom is -0.502 e. The molecule has 0 fully saturated rings. The summed E-state index contributed by atoms with van der Waals surface area (Å²) in [6.07, 6.45) is 0. The van der Waals surface area contributed by atoms with Gasteiger partial charge in [-0.25, -0.2) is 0 Å². The Morgan fingerprint density at radius 3 is 2.12 bits per heavy atom. The summed E-state index contributed by atoms with van der Waals surface area (Å²) in [5.74, 6) is -0.796. The third-order valence-corrected chi connectivity index (χ3v) is 5.28. The number of nitro benzene ring substituents is 1. The fourth-order valence-electron chi connectivity index (χ4n) is 2.37. The first kappa shape index (κ1) is 17.1. The summed E-state index contributed by atoms with van der Waals surface area (Å²) in [4.78, 5) is 26.8. The Labute approximate surface area is 151 Å². The van der Waals surface area contributed by atoms with Crippen LogP contribution in [-0.4, -0.2) is 20.8 Å². The molecule has 0 spiro atoms. The first-order chi connectivity index (χ1) is 12.0. The molecule has 2 heterocycles. The van der Waals surface area contributed by atoms with Crippen LogP contribution >= 0.6 is 22.7 Å². The first-order valence-electron chi connectivity index (χ1n) is 7.36. The van der Waals surface area contributed by atoms with Crippen molar-refractivity contribution in [2.75, 3.05) is 0 Å². The number of nitro groups is 1. The summed E-state index contributed by atoms with van der Waals surface area (Å²) in [6, 6.07) is 11.4. The number of thiophene rings is 2. The van der Waals surface area contributed by atoms with E-state index in [1.54, 1.807) is 27.6 Å². The standard InChI is InChI=1S/C17H14N2O4S2/c20-16-9-12(5-6-15(16)19(22)23)17(21)18(10-13-3-1-7-24-13)11-14-4-2-8-25-14/h1-9,20H,10-11H2. The normalized spacial score (nSPS) is 10.6. The van der Waals surface area contributed by atoms with Crippen LogP contribution in [0.25, 0.3) is 0 Å². The number of phenolic OH excluding ortho intramolecular Hbond substituents is 1. The fraction of sp³-hybridized carbons (Fsp3) is 0.118. The maximum absolute atomic E-state index is 12.9. The highest BCUT2D eigenvalue weighted by atomic mass is 32.1. The van der Waals surface area contributed by atoms with E-state index in [4.69, 9.17) is 0 Å². The Bertz CT molecular complexity index is 840. The maximum atomic E-state index is 12.9. The van der Waals surface area contributed by atoms with E-state index in [9.17, 15) is 20.0 Å². The largest absolute Gasteiger partial charge is 0.502 e. The van der Waals surface area contributed by atoms with Crippen LogP contribution in [0.4, 0.5) is 5.69 Å². The van der Waals surface area contributed by atoms with Crippen LogP contribution in [0.2, 0.25) is 0 Å². The molecule has 128 valence electrons. The van der Waals surface area contributed by atoms with Crippen molar-refractivity contribution < 1.29 is 14.8 Å². The lowest BCUT2D eigenvalue weighted by atomic mass is 10.1. The molecule has 0 unspecified atom stereocenters. The van der Waals surface area contributed by atoms with Gasteiger partial charge in [0.1, 0.15) is 0 Å². The van der Waals surface area contributed by atoms with E-state index in [0.717, 1.165) is 21.9 Å². The molecule has 25 heavy (non-hydrogen) atoms. The number of nitrogens with zero attached hydrogens (tertiary/aromatic N) is 2. The third kappa shape index (κ3) is 4.04. The van der Waals surface area contributed by atoms with E-state index in [1.165, 1.54) is 6.07 Å². The van der Waals surface area contributed by atoms with Gasteiger partial charge in [0.25, 0.3) is 5.91 Å². The summed E-state index contributed by atoms with van der Waals surface area (Å²) in [6.45, 7) is 0.873. The van der Waals surface area contributed by atoms with Crippen LogP contribution in [0, 0.1) is 10.1 Å². The fourth-order valence-corrected chi connectivity index (χ4v) is 3.81. The Balaban J connectivity index is 1.87. The number of benzene rings is 1. The molecule has 0 bridgehead atoms. The zero-order valence-corrected chi connectivity index (χ0v) is 14.6. The second-order valence-corrected chi connectivity index (χ2v) is 7.35. The summed E-state index contributed by atoms with van der Waals surface area (Å²) in [7, 11) is 0. The van der Waals surface area contributed by atoms with Gasteiger partial charge in [-0.2, -0.15) is 0 Å². The van der Waals surface area contributed by atoms with Gasteiger partial charge < -0.3 is 10.0 Å². The van der Waals surface area contributed by atoms with Crippen LogP contribution in [-0.2, 0) is 13.1 Å². The molecule has 8 heteroatoms. The second kappa shape index (κ2) is 7.45. The van der Waals surface area contributed by atoms with E-state index in [1.807, 2.05) is 35.0 Å². The number of rotatable bonds is 6. The van der Waals surface area contributed by atoms with E-state index in [0.29, 0.717) is 13.1 Å². The summed E-state index contributed by atoms with van der Waals surface area (Å²) >= 11 is 3.11. The van der Waals surface area contributed by atoms with Crippen molar-refractivity contribution in [3.63, 3.8) is 0 Å². The number of hydrogen-bond acceptors (Lipinski definition) is 6. The lowest BCUT2D eigenvalue weighted by Crippen LogP contribution is -2.29. The van der Waals surface area contributed by atoms with Gasteiger partial charge in [0.15, 0.2) is 5.75 Å². The van der Waals surface area contributed by atoms with Crippen LogP contribution in [0.15, 0.2) is 53.2 Å². The average molecular weight is 374 g/mol. The summed E-state index contributed by atoms with van der Waals surface area (Å²) in [5, 5.41) is 24.5. The second-order valence-electron chi connectivity index (χ2n) is 5.28. The molecule has 0 aliphatic heterocycles. The van der Waals surface area contributed by atoms with Gasteiger partial charge in [0, 0.05) is 21.4 Å². The molecule has 3 aromatic rings. The minimum absolute atomic E-state index is 0.219. The molecule has 6 nitrogen and oxygen atoms in total. The monoisotopic (exact) mass is 374 g/mol. The number of amides is 1. The van der Waals surface area contributed by atoms with Crippen LogP contribution in [0.3, 0.4) is 0 Å².